The highest BCUT2D eigenvalue weighted by Gasteiger charge is 2.14. The zero-order valence-electron chi connectivity index (χ0n) is 14.6. The van der Waals surface area contributed by atoms with Gasteiger partial charge in [0.2, 0.25) is 0 Å². The molecule has 0 atom stereocenters. The van der Waals surface area contributed by atoms with Crippen molar-refractivity contribution in [2.75, 3.05) is 7.11 Å². The van der Waals surface area contributed by atoms with Crippen molar-refractivity contribution in [3.8, 4) is 28.0 Å². The second-order valence-corrected chi connectivity index (χ2v) is 6.51. The van der Waals surface area contributed by atoms with Crippen LogP contribution in [0, 0.1) is 6.57 Å². The van der Waals surface area contributed by atoms with Gasteiger partial charge in [-0.05, 0) is 29.3 Å². The average Bonchev–Trinajstić information content (AvgIpc) is 2.73. The first-order valence-electron chi connectivity index (χ1n) is 8.41. The summed E-state index contributed by atoms with van der Waals surface area (Å²) in [6.45, 7) is 7.11. The van der Waals surface area contributed by atoms with Crippen LogP contribution in [-0.2, 0) is 0 Å². The molecule has 27 heavy (non-hydrogen) atoms. The Labute approximate surface area is 162 Å². The summed E-state index contributed by atoms with van der Waals surface area (Å²) in [5.41, 5.74) is 5.42. The minimum absolute atomic E-state index is 0.620. The molecule has 0 saturated heterocycles. The Balaban J connectivity index is 1.92. The summed E-state index contributed by atoms with van der Waals surface area (Å²) in [5, 5.41) is 1.63. The van der Waals surface area contributed by atoms with Gasteiger partial charge in [0.15, 0.2) is 5.69 Å². The molecular weight excluding hydrogens is 356 g/mol. The van der Waals surface area contributed by atoms with Gasteiger partial charge in [0.25, 0.3) is 0 Å². The van der Waals surface area contributed by atoms with E-state index in [1.807, 2.05) is 72.9 Å². The number of aromatic nitrogens is 1. The number of rotatable bonds is 3. The molecular formula is C23H15ClN2O. The highest BCUT2D eigenvalue weighted by molar-refractivity contribution is 6.30. The quantitative estimate of drug-likeness (QED) is 0.371. The molecule has 1 aromatic heterocycles. The van der Waals surface area contributed by atoms with Crippen molar-refractivity contribution in [3.05, 3.63) is 89.4 Å². The molecule has 4 aromatic rings. The van der Waals surface area contributed by atoms with Crippen molar-refractivity contribution in [1.82, 2.24) is 4.98 Å². The van der Waals surface area contributed by atoms with Crippen LogP contribution in [0.5, 0.6) is 5.75 Å². The maximum Gasteiger partial charge on any atom is 0.187 e. The van der Waals surface area contributed by atoms with Gasteiger partial charge in [0.1, 0.15) is 5.75 Å². The molecule has 0 radical (unpaired) electrons. The van der Waals surface area contributed by atoms with Crippen LogP contribution in [0.4, 0.5) is 5.69 Å². The van der Waals surface area contributed by atoms with Crippen molar-refractivity contribution in [3.63, 3.8) is 0 Å². The number of halogens is 1. The average molecular weight is 371 g/mol. The molecule has 0 unspecified atom stereocenters. The van der Waals surface area contributed by atoms with Crippen molar-refractivity contribution in [2.45, 2.75) is 0 Å². The molecule has 0 bridgehead atoms. The van der Waals surface area contributed by atoms with E-state index >= 15 is 0 Å². The van der Waals surface area contributed by atoms with Crippen molar-refractivity contribution in [2.24, 2.45) is 0 Å². The number of ether oxygens (including phenoxy) is 1. The van der Waals surface area contributed by atoms with Gasteiger partial charge in [-0.2, -0.15) is 0 Å². The van der Waals surface area contributed by atoms with Gasteiger partial charge < -0.3 is 4.74 Å². The number of fused-ring (bicyclic) bond motifs is 1. The first-order valence-corrected chi connectivity index (χ1v) is 8.78. The molecule has 0 N–H and O–H groups in total. The normalized spacial score (nSPS) is 10.6. The first-order chi connectivity index (χ1) is 13.2. The van der Waals surface area contributed by atoms with E-state index in [0.29, 0.717) is 10.7 Å². The minimum atomic E-state index is 0.620. The Morgan fingerprint density at radius 2 is 1.56 bits per heavy atom. The van der Waals surface area contributed by atoms with E-state index in [4.69, 9.17) is 27.9 Å². The topological polar surface area (TPSA) is 26.5 Å². The summed E-state index contributed by atoms with van der Waals surface area (Å²) >= 11 is 6.01. The van der Waals surface area contributed by atoms with E-state index in [-0.39, 0.29) is 0 Å². The third-order valence-corrected chi connectivity index (χ3v) is 4.77. The molecule has 4 rings (SSSR count). The lowest BCUT2D eigenvalue weighted by atomic mass is 9.98. The number of hydrogen-bond acceptors (Lipinski definition) is 2. The first kappa shape index (κ1) is 17.1. The zero-order valence-corrected chi connectivity index (χ0v) is 15.4. The van der Waals surface area contributed by atoms with Crippen LogP contribution >= 0.6 is 11.6 Å². The highest BCUT2D eigenvalue weighted by atomic mass is 35.5. The third-order valence-electron chi connectivity index (χ3n) is 4.51. The van der Waals surface area contributed by atoms with Gasteiger partial charge in [0, 0.05) is 27.7 Å². The van der Waals surface area contributed by atoms with Gasteiger partial charge in [-0.15, -0.1) is 0 Å². The molecule has 0 aliphatic rings. The second kappa shape index (κ2) is 7.11. The van der Waals surface area contributed by atoms with Gasteiger partial charge in [0.05, 0.1) is 19.2 Å². The maximum absolute atomic E-state index is 7.11. The largest absolute Gasteiger partial charge is 0.495 e. The van der Waals surface area contributed by atoms with Crippen LogP contribution in [0.1, 0.15) is 0 Å². The maximum atomic E-state index is 7.11. The van der Waals surface area contributed by atoms with E-state index in [2.05, 4.69) is 4.85 Å². The second-order valence-electron chi connectivity index (χ2n) is 6.07. The van der Waals surface area contributed by atoms with E-state index in [0.717, 1.165) is 38.9 Å². The Bertz CT molecular complexity index is 1160. The zero-order chi connectivity index (χ0) is 18.8. The van der Waals surface area contributed by atoms with E-state index < -0.39 is 0 Å². The molecule has 3 nitrogen and oxygen atoms in total. The Hall–Kier alpha value is -3.35. The Morgan fingerprint density at radius 3 is 2.22 bits per heavy atom. The molecule has 0 fully saturated rings. The molecule has 130 valence electrons. The van der Waals surface area contributed by atoms with Gasteiger partial charge in [-0.3, -0.25) is 4.98 Å². The van der Waals surface area contributed by atoms with Crippen molar-refractivity contribution in [1.29, 1.82) is 0 Å². The van der Waals surface area contributed by atoms with Gasteiger partial charge >= 0.3 is 0 Å². The molecule has 1 heterocycles. The lowest BCUT2D eigenvalue weighted by Gasteiger charge is -2.14. The number of para-hydroxylation sites is 1. The fraction of sp³-hybridized carbons (Fsp3) is 0.0435. The molecule has 0 aliphatic heterocycles. The fourth-order valence-corrected chi connectivity index (χ4v) is 3.33. The lowest BCUT2D eigenvalue weighted by molar-refractivity contribution is 0.421. The van der Waals surface area contributed by atoms with Crippen molar-refractivity contribution >= 4 is 28.2 Å². The molecule has 4 heteroatoms. The summed E-state index contributed by atoms with van der Waals surface area (Å²) in [6, 6.07) is 21.2. The predicted molar refractivity (Wildman–Crippen MR) is 110 cm³/mol. The Kier molecular flexibility index (Phi) is 4.50. The molecule has 3 aromatic carbocycles. The van der Waals surface area contributed by atoms with Crippen LogP contribution in [0.25, 0.3) is 38.0 Å². The smallest absolute Gasteiger partial charge is 0.187 e. The van der Waals surface area contributed by atoms with E-state index in [9.17, 15) is 0 Å². The van der Waals surface area contributed by atoms with Crippen LogP contribution in [0.15, 0.2) is 72.9 Å². The highest BCUT2D eigenvalue weighted by Crippen LogP contribution is 2.39. The standard InChI is InChI=1S/C23H15ClN2O/c1-25-18-12-8-15(9-13-18)19-4-3-5-20-22(19)26-14-21(23(20)27-2)16-6-10-17(24)11-7-16/h3-14H,2H3. The van der Waals surface area contributed by atoms with Gasteiger partial charge in [-0.1, -0.05) is 60.1 Å². The van der Waals surface area contributed by atoms with Crippen LogP contribution < -0.4 is 4.74 Å². The van der Waals surface area contributed by atoms with Crippen LogP contribution in [-0.4, -0.2) is 12.1 Å². The predicted octanol–water partition coefficient (Wildman–Crippen LogP) is 6.78. The lowest BCUT2D eigenvalue weighted by Crippen LogP contribution is -1.93. The van der Waals surface area contributed by atoms with Crippen molar-refractivity contribution < 1.29 is 4.74 Å². The number of nitrogens with zero attached hydrogens (tertiary/aromatic N) is 2. The van der Waals surface area contributed by atoms with Crippen LogP contribution in [0.3, 0.4) is 0 Å². The number of pyridine rings is 1. The summed E-state index contributed by atoms with van der Waals surface area (Å²) in [5.74, 6) is 0.780. The Morgan fingerprint density at radius 1 is 0.889 bits per heavy atom. The third kappa shape index (κ3) is 3.12. The molecule has 0 saturated carbocycles. The number of benzene rings is 3. The van der Waals surface area contributed by atoms with E-state index in [1.54, 1.807) is 7.11 Å². The van der Waals surface area contributed by atoms with E-state index in [1.165, 1.54) is 0 Å². The fourth-order valence-electron chi connectivity index (χ4n) is 3.20. The number of hydrogen-bond donors (Lipinski definition) is 0. The SMILES string of the molecule is [C-]#[N+]c1ccc(-c2cccc3c(OC)c(-c4ccc(Cl)cc4)cnc23)cc1. The van der Waals surface area contributed by atoms with Gasteiger partial charge in [-0.25, -0.2) is 4.85 Å². The summed E-state index contributed by atoms with van der Waals surface area (Å²) in [4.78, 5) is 8.19. The van der Waals surface area contributed by atoms with Crippen LogP contribution in [0.2, 0.25) is 5.02 Å². The monoisotopic (exact) mass is 370 g/mol. The minimum Gasteiger partial charge on any atom is -0.495 e. The molecule has 0 amide bonds. The number of methoxy groups -OCH3 is 1. The molecule has 0 aliphatic carbocycles. The summed E-state index contributed by atoms with van der Waals surface area (Å²) in [7, 11) is 1.67. The summed E-state index contributed by atoms with van der Waals surface area (Å²) in [6.07, 6.45) is 1.83. The summed E-state index contributed by atoms with van der Waals surface area (Å²) < 4.78 is 5.76. The molecule has 0 spiro atoms.